The predicted molar refractivity (Wildman–Crippen MR) is 206 cm³/mol. The fourth-order valence-electron chi connectivity index (χ4n) is 6.80. The number of nitrogens with one attached hydrogen (secondary N) is 5. The molecule has 1 fully saturated rings. The number of hydrogen-bond acceptors (Lipinski definition) is 6. The average molecular weight is 719 g/mol. The number of likely N-dealkylation sites (N-methyl/N-ethyl adjacent to an activating group) is 1. The molecule has 0 radical (unpaired) electrons. The van der Waals surface area contributed by atoms with Crippen LogP contribution in [0.3, 0.4) is 0 Å². The van der Waals surface area contributed by atoms with Gasteiger partial charge in [0.1, 0.15) is 12.1 Å². The summed E-state index contributed by atoms with van der Waals surface area (Å²) in [6, 6.07) is 20.3. The van der Waals surface area contributed by atoms with Gasteiger partial charge in [0.25, 0.3) is 0 Å². The molecule has 3 aromatic rings. The van der Waals surface area contributed by atoms with Crippen LogP contribution in [0.5, 0.6) is 0 Å². The summed E-state index contributed by atoms with van der Waals surface area (Å²) in [5.74, 6) is 4.90. The number of likely N-dealkylation sites (tertiary alicyclic amines) is 1. The van der Waals surface area contributed by atoms with Gasteiger partial charge < -0.3 is 31.5 Å². The number of amides is 5. The van der Waals surface area contributed by atoms with E-state index < -0.39 is 18.1 Å². The van der Waals surface area contributed by atoms with E-state index in [0.29, 0.717) is 42.7 Å². The van der Waals surface area contributed by atoms with Gasteiger partial charge in [-0.05, 0) is 106 Å². The molecule has 1 heterocycles. The number of rotatable bonds is 13. The molecule has 5 amide bonds. The molecule has 1 saturated heterocycles. The standard InChI is InChI=1S/C42H50N6O5/c1-4-11-38(49)44-32-16-7-12-29(26-32)21-22-30-13-8-17-33(27-30)45-39(50)24-23-36(47-40(51)28(2)43-3)42(53)48-25-10-20-37(48)41(52)46-35-19-9-15-31-14-5-6-18-34(31)35/h5-8,12-14,16-18,26-28,35-37,43H,4,9-11,15,19-20,23-25H2,1-3H3,(H,44,49)(H,45,50)(H,46,52)(H,47,51)/t28-,35+,36-,37-/m0/s1. The highest BCUT2D eigenvalue weighted by Gasteiger charge is 2.39. The molecule has 1 aliphatic carbocycles. The Hall–Kier alpha value is -5.47. The molecule has 11 heteroatoms. The SMILES string of the molecule is CCCC(=O)Nc1cccc(C#Cc2cccc(NC(=O)CC[C@H](NC(=O)[C@H](C)NC)C(=O)N3CCC[C@H]3C(=O)N[C@@H]3CCCc4ccccc43)c2)c1. The smallest absolute Gasteiger partial charge is 0.245 e. The maximum absolute atomic E-state index is 14.0. The lowest BCUT2D eigenvalue weighted by atomic mass is 9.87. The van der Waals surface area contributed by atoms with E-state index in [1.165, 1.54) is 5.56 Å². The molecule has 2 aliphatic rings. The van der Waals surface area contributed by atoms with Gasteiger partial charge >= 0.3 is 0 Å². The lowest BCUT2D eigenvalue weighted by Crippen LogP contribution is -2.55. The lowest BCUT2D eigenvalue weighted by Gasteiger charge is -2.32. The van der Waals surface area contributed by atoms with Gasteiger partial charge in [-0.1, -0.05) is 55.2 Å². The van der Waals surface area contributed by atoms with Crippen molar-refractivity contribution in [3.8, 4) is 11.8 Å². The Kier molecular flexibility index (Phi) is 13.8. The van der Waals surface area contributed by atoms with Gasteiger partial charge in [0.15, 0.2) is 0 Å². The van der Waals surface area contributed by atoms with E-state index in [1.807, 2.05) is 49.4 Å². The molecular formula is C42H50N6O5. The molecular weight excluding hydrogens is 668 g/mol. The number of anilines is 2. The lowest BCUT2D eigenvalue weighted by molar-refractivity contribution is -0.142. The highest BCUT2D eigenvalue weighted by molar-refractivity contribution is 5.95. The van der Waals surface area contributed by atoms with Crippen LogP contribution in [-0.2, 0) is 30.4 Å². The average Bonchev–Trinajstić information content (AvgIpc) is 3.66. The van der Waals surface area contributed by atoms with Crippen molar-refractivity contribution in [3.05, 3.63) is 95.1 Å². The molecule has 0 aromatic heterocycles. The highest BCUT2D eigenvalue weighted by atomic mass is 16.2. The van der Waals surface area contributed by atoms with Crippen molar-refractivity contribution in [2.75, 3.05) is 24.2 Å². The fourth-order valence-corrected chi connectivity index (χ4v) is 6.80. The topological polar surface area (TPSA) is 149 Å². The summed E-state index contributed by atoms with van der Waals surface area (Å²) in [6.07, 6.45) is 5.21. The van der Waals surface area contributed by atoms with Crippen LogP contribution in [0.4, 0.5) is 11.4 Å². The number of carbonyl (C=O) groups is 5. The molecule has 3 aromatic carbocycles. The van der Waals surface area contributed by atoms with E-state index in [0.717, 1.165) is 36.8 Å². The van der Waals surface area contributed by atoms with Crippen molar-refractivity contribution >= 4 is 40.9 Å². The second kappa shape index (κ2) is 18.9. The first-order chi connectivity index (χ1) is 25.6. The molecule has 0 saturated carbocycles. The first kappa shape index (κ1) is 38.8. The van der Waals surface area contributed by atoms with Gasteiger partial charge in [-0.25, -0.2) is 0 Å². The van der Waals surface area contributed by atoms with Gasteiger partial charge in [0, 0.05) is 41.9 Å². The van der Waals surface area contributed by atoms with Crippen LogP contribution in [0.2, 0.25) is 0 Å². The highest BCUT2D eigenvalue weighted by Crippen LogP contribution is 2.30. The summed E-state index contributed by atoms with van der Waals surface area (Å²) in [5, 5.41) is 14.7. The molecule has 0 bridgehead atoms. The van der Waals surface area contributed by atoms with Crippen molar-refractivity contribution in [2.24, 2.45) is 0 Å². The summed E-state index contributed by atoms with van der Waals surface area (Å²) >= 11 is 0. The normalized spacial score (nSPS) is 17.3. The molecule has 53 heavy (non-hydrogen) atoms. The van der Waals surface area contributed by atoms with Crippen molar-refractivity contribution in [1.29, 1.82) is 0 Å². The quantitative estimate of drug-likeness (QED) is 0.160. The Morgan fingerprint density at radius 2 is 1.49 bits per heavy atom. The maximum atomic E-state index is 14.0. The van der Waals surface area contributed by atoms with E-state index >= 15 is 0 Å². The van der Waals surface area contributed by atoms with Crippen LogP contribution < -0.4 is 26.6 Å². The minimum atomic E-state index is -0.993. The van der Waals surface area contributed by atoms with Crippen LogP contribution in [-0.4, -0.2) is 66.2 Å². The predicted octanol–water partition coefficient (Wildman–Crippen LogP) is 4.82. The molecule has 1 aliphatic heterocycles. The third-order valence-corrected chi connectivity index (χ3v) is 9.75. The summed E-state index contributed by atoms with van der Waals surface area (Å²) in [5.41, 5.74) is 4.99. The number of benzene rings is 3. The van der Waals surface area contributed by atoms with Gasteiger partial charge in [-0.2, -0.15) is 0 Å². The van der Waals surface area contributed by atoms with Crippen LogP contribution in [0.25, 0.3) is 0 Å². The van der Waals surface area contributed by atoms with Gasteiger partial charge in [0.05, 0.1) is 12.1 Å². The van der Waals surface area contributed by atoms with E-state index in [-0.39, 0.29) is 48.4 Å². The monoisotopic (exact) mass is 718 g/mol. The number of aryl methyl sites for hydroxylation is 1. The Morgan fingerprint density at radius 1 is 0.830 bits per heavy atom. The summed E-state index contributed by atoms with van der Waals surface area (Å²) < 4.78 is 0. The number of fused-ring (bicyclic) bond motifs is 1. The Labute approximate surface area is 312 Å². The third-order valence-electron chi connectivity index (χ3n) is 9.75. The van der Waals surface area contributed by atoms with Crippen LogP contribution in [0.15, 0.2) is 72.8 Å². The van der Waals surface area contributed by atoms with Crippen molar-refractivity contribution in [3.63, 3.8) is 0 Å². The third kappa shape index (κ3) is 10.8. The fraction of sp³-hybridized carbons (Fsp3) is 0.405. The molecule has 278 valence electrons. The van der Waals surface area contributed by atoms with E-state index in [1.54, 1.807) is 37.1 Å². The van der Waals surface area contributed by atoms with Crippen molar-refractivity contribution < 1.29 is 24.0 Å². The van der Waals surface area contributed by atoms with Gasteiger partial charge in [0.2, 0.25) is 29.5 Å². The maximum Gasteiger partial charge on any atom is 0.245 e. The Bertz CT molecular complexity index is 1870. The molecule has 0 spiro atoms. The zero-order valence-corrected chi connectivity index (χ0v) is 30.8. The van der Waals surface area contributed by atoms with Crippen molar-refractivity contribution in [1.82, 2.24) is 20.9 Å². The first-order valence-corrected chi connectivity index (χ1v) is 18.6. The van der Waals surface area contributed by atoms with Crippen molar-refractivity contribution in [2.45, 2.75) is 95.8 Å². The zero-order valence-electron chi connectivity index (χ0n) is 30.8. The van der Waals surface area contributed by atoms with E-state index in [9.17, 15) is 24.0 Å². The summed E-state index contributed by atoms with van der Waals surface area (Å²) in [6.45, 7) is 4.03. The number of carbonyl (C=O) groups excluding carboxylic acids is 5. The molecule has 0 unspecified atom stereocenters. The second-order valence-electron chi connectivity index (χ2n) is 13.7. The first-order valence-electron chi connectivity index (χ1n) is 18.6. The summed E-state index contributed by atoms with van der Waals surface area (Å²) in [4.78, 5) is 67.4. The Balaban J connectivity index is 1.22. The van der Waals surface area contributed by atoms with E-state index in [2.05, 4.69) is 50.6 Å². The van der Waals surface area contributed by atoms with Crippen LogP contribution in [0.1, 0.15) is 93.5 Å². The van der Waals surface area contributed by atoms with Gasteiger partial charge in [-0.15, -0.1) is 0 Å². The second-order valence-corrected chi connectivity index (χ2v) is 13.7. The van der Waals surface area contributed by atoms with E-state index in [4.69, 9.17) is 0 Å². The number of hydrogen-bond donors (Lipinski definition) is 5. The largest absolute Gasteiger partial charge is 0.347 e. The molecule has 5 N–H and O–H groups in total. The summed E-state index contributed by atoms with van der Waals surface area (Å²) in [7, 11) is 1.66. The molecule has 4 atom stereocenters. The molecule has 11 nitrogen and oxygen atoms in total. The minimum absolute atomic E-state index is 0.0410. The van der Waals surface area contributed by atoms with Crippen LogP contribution in [0, 0.1) is 11.8 Å². The minimum Gasteiger partial charge on any atom is -0.347 e. The zero-order chi connectivity index (χ0) is 37.7. The molecule has 5 rings (SSSR count). The Morgan fingerprint density at radius 3 is 2.15 bits per heavy atom. The van der Waals surface area contributed by atoms with Gasteiger partial charge in [-0.3, -0.25) is 24.0 Å². The number of nitrogens with zero attached hydrogens (tertiary/aromatic N) is 1. The van der Waals surface area contributed by atoms with Crippen LogP contribution >= 0.6 is 0 Å².